The summed E-state index contributed by atoms with van der Waals surface area (Å²) in [4.78, 5) is 0. The number of nitrogens with zero attached hydrogens (tertiary/aromatic N) is 1. The Morgan fingerprint density at radius 2 is 1.69 bits per heavy atom. The van der Waals surface area contributed by atoms with Crippen molar-refractivity contribution in [3.05, 3.63) is 0 Å². The van der Waals surface area contributed by atoms with Gasteiger partial charge in [0.25, 0.3) is 0 Å². The Morgan fingerprint density at radius 1 is 1.00 bits per heavy atom. The van der Waals surface area contributed by atoms with Crippen LogP contribution in [0.2, 0.25) is 0 Å². The molecule has 0 aromatic heterocycles. The number of hydrogen-bond acceptors (Lipinski definition) is 1. The van der Waals surface area contributed by atoms with E-state index in [0.29, 0.717) is 0 Å². The van der Waals surface area contributed by atoms with Gasteiger partial charge in [0.05, 0.1) is 26.7 Å². The van der Waals surface area contributed by atoms with Crippen LogP contribution >= 0.6 is 12.6 Å². The van der Waals surface area contributed by atoms with Crippen LogP contribution in [-0.2, 0) is 0 Å². The van der Waals surface area contributed by atoms with Gasteiger partial charge in [-0.1, -0.05) is 0 Å². The fourth-order valence-corrected chi connectivity index (χ4v) is 2.50. The molecule has 1 fully saturated rings. The molecule has 1 heterocycles. The van der Waals surface area contributed by atoms with Crippen molar-refractivity contribution in [2.45, 2.75) is 38.5 Å². The van der Waals surface area contributed by atoms with E-state index in [1.54, 1.807) is 0 Å². The van der Waals surface area contributed by atoms with Gasteiger partial charge in [0.1, 0.15) is 0 Å². The van der Waals surface area contributed by atoms with Gasteiger partial charge in [-0.25, -0.2) is 0 Å². The molecule has 0 spiro atoms. The molecule has 2 heteroatoms. The SMILES string of the molecule is C[N+]1(CCCCCS)CCCCC1. The average Bonchev–Trinajstić information content (AvgIpc) is 2.14. The van der Waals surface area contributed by atoms with Crippen molar-refractivity contribution in [3.63, 3.8) is 0 Å². The van der Waals surface area contributed by atoms with Crippen LogP contribution in [-0.4, -0.2) is 36.9 Å². The highest BCUT2D eigenvalue weighted by atomic mass is 32.1. The van der Waals surface area contributed by atoms with Crippen LogP contribution in [0.4, 0.5) is 0 Å². The number of rotatable bonds is 5. The lowest BCUT2D eigenvalue weighted by Gasteiger charge is -2.37. The molecular formula is C11H24NS+. The molecule has 0 bridgehead atoms. The summed E-state index contributed by atoms with van der Waals surface area (Å²) in [6.45, 7) is 4.23. The number of unbranched alkanes of at least 4 members (excludes halogenated alkanes) is 2. The third-order valence-corrected chi connectivity index (χ3v) is 3.57. The third kappa shape index (κ3) is 4.37. The smallest absolute Gasteiger partial charge is 0.0784 e. The normalized spacial score (nSPS) is 21.7. The first-order valence-corrected chi connectivity index (χ1v) is 6.34. The number of quaternary nitrogens is 1. The van der Waals surface area contributed by atoms with Crippen molar-refractivity contribution >= 4 is 12.6 Å². The van der Waals surface area contributed by atoms with Crippen LogP contribution in [0.15, 0.2) is 0 Å². The van der Waals surface area contributed by atoms with Crippen molar-refractivity contribution in [2.24, 2.45) is 0 Å². The van der Waals surface area contributed by atoms with Crippen molar-refractivity contribution in [1.82, 2.24) is 0 Å². The molecule has 0 N–H and O–H groups in total. The quantitative estimate of drug-likeness (QED) is 0.395. The first-order chi connectivity index (χ1) is 6.27. The van der Waals surface area contributed by atoms with Gasteiger partial charge in [0, 0.05) is 0 Å². The molecule has 0 radical (unpaired) electrons. The first-order valence-electron chi connectivity index (χ1n) is 5.71. The van der Waals surface area contributed by atoms with Crippen LogP contribution in [0.1, 0.15) is 38.5 Å². The van der Waals surface area contributed by atoms with E-state index in [0.717, 1.165) is 5.75 Å². The van der Waals surface area contributed by atoms with E-state index in [2.05, 4.69) is 19.7 Å². The monoisotopic (exact) mass is 202 g/mol. The molecule has 1 aliphatic rings. The maximum atomic E-state index is 4.24. The fraction of sp³-hybridized carbons (Fsp3) is 1.00. The predicted molar refractivity (Wildman–Crippen MR) is 62.3 cm³/mol. The highest BCUT2D eigenvalue weighted by Gasteiger charge is 2.23. The molecule has 0 aliphatic carbocycles. The maximum absolute atomic E-state index is 4.24. The molecule has 1 saturated heterocycles. The summed E-state index contributed by atoms with van der Waals surface area (Å²) in [5.41, 5.74) is 0. The number of hydrogen-bond donors (Lipinski definition) is 1. The lowest BCUT2D eigenvalue weighted by Crippen LogP contribution is -2.48. The predicted octanol–water partition coefficient (Wildman–Crippen LogP) is 2.72. The standard InChI is InChI=1S/C11H23NS/c1-12(8-4-2-5-9-12)10-6-3-7-11-13/h2-11H2,1H3/p+1. The van der Waals surface area contributed by atoms with E-state index in [-0.39, 0.29) is 0 Å². The van der Waals surface area contributed by atoms with Crippen molar-refractivity contribution in [2.75, 3.05) is 32.4 Å². The minimum atomic E-state index is 1.06. The van der Waals surface area contributed by atoms with E-state index >= 15 is 0 Å². The van der Waals surface area contributed by atoms with Gasteiger partial charge in [-0.2, -0.15) is 12.6 Å². The van der Waals surface area contributed by atoms with Gasteiger partial charge in [-0.15, -0.1) is 0 Å². The highest BCUT2D eigenvalue weighted by Crippen LogP contribution is 2.17. The van der Waals surface area contributed by atoms with Crippen LogP contribution in [0.5, 0.6) is 0 Å². The number of piperidine rings is 1. The molecule has 1 aliphatic heterocycles. The van der Waals surface area contributed by atoms with Gasteiger partial charge in [-0.05, 0) is 44.3 Å². The van der Waals surface area contributed by atoms with E-state index in [1.165, 1.54) is 62.6 Å². The summed E-state index contributed by atoms with van der Waals surface area (Å²) in [6.07, 6.45) is 8.42. The molecular weight excluding hydrogens is 178 g/mol. The molecule has 0 aromatic carbocycles. The van der Waals surface area contributed by atoms with Crippen LogP contribution in [0.3, 0.4) is 0 Å². The van der Waals surface area contributed by atoms with Gasteiger partial charge < -0.3 is 4.48 Å². The van der Waals surface area contributed by atoms with Crippen LogP contribution in [0, 0.1) is 0 Å². The first kappa shape index (κ1) is 11.4. The molecule has 0 saturated carbocycles. The second-order valence-corrected chi connectivity index (χ2v) is 5.08. The largest absolute Gasteiger partial charge is 0.326 e. The lowest BCUT2D eigenvalue weighted by atomic mass is 10.1. The van der Waals surface area contributed by atoms with E-state index < -0.39 is 0 Å². The van der Waals surface area contributed by atoms with Gasteiger partial charge >= 0.3 is 0 Å². The Kier molecular flexibility index (Phi) is 5.18. The fourth-order valence-electron chi connectivity index (χ4n) is 2.28. The zero-order chi connectivity index (χ0) is 9.57. The van der Waals surface area contributed by atoms with Crippen LogP contribution in [0.25, 0.3) is 0 Å². The summed E-state index contributed by atoms with van der Waals surface area (Å²) < 4.78 is 1.34. The zero-order valence-corrected chi connectivity index (χ0v) is 9.86. The lowest BCUT2D eigenvalue weighted by molar-refractivity contribution is -0.914. The number of likely N-dealkylation sites (tertiary alicyclic amines) is 1. The summed E-state index contributed by atoms with van der Waals surface area (Å²) in [7, 11) is 2.43. The Bertz CT molecular complexity index is 130. The highest BCUT2D eigenvalue weighted by molar-refractivity contribution is 7.80. The number of thiol groups is 1. The Morgan fingerprint density at radius 3 is 2.31 bits per heavy atom. The van der Waals surface area contributed by atoms with Crippen molar-refractivity contribution < 1.29 is 4.48 Å². The Labute approximate surface area is 88.5 Å². The summed E-state index contributed by atoms with van der Waals surface area (Å²) in [5.74, 6) is 1.06. The molecule has 0 amide bonds. The maximum Gasteiger partial charge on any atom is 0.0784 e. The van der Waals surface area contributed by atoms with Gasteiger partial charge in [0.2, 0.25) is 0 Å². The molecule has 0 atom stereocenters. The molecule has 1 nitrogen and oxygen atoms in total. The molecule has 0 unspecified atom stereocenters. The summed E-state index contributed by atoms with van der Waals surface area (Å²) in [5, 5.41) is 0. The van der Waals surface area contributed by atoms with E-state index in [1.807, 2.05) is 0 Å². The van der Waals surface area contributed by atoms with Crippen molar-refractivity contribution in [1.29, 1.82) is 0 Å². The second-order valence-electron chi connectivity index (χ2n) is 4.64. The minimum absolute atomic E-state index is 1.06. The van der Waals surface area contributed by atoms with Gasteiger partial charge in [0.15, 0.2) is 0 Å². The van der Waals surface area contributed by atoms with E-state index in [9.17, 15) is 0 Å². The molecule has 13 heavy (non-hydrogen) atoms. The molecule has 1 rings (SSSR count). The minimum Gasteiger partial charge on any atom is -0.326 e. The average molecular weight is 202 g/mol. The van der Waals surface area contributed by atoms with E-state index in [4.69, 9.17) is 0 Å². The Hall–Kier alpha value is 0.310. The van der Waals surface area contributed by atoms with Crippen molar-refractivity contribution in [3.8, 4) is 0 Å². The zero-order valence-electron chi connectivity index (χ0n) is 8.97. The van der Waals surface area contributed by atoms with Crippen LogP contribution < -0.4 is 0 Å². The topological polar surface area (TPSA) is 0 Å². The molecule has 78 valence electrons. The van der Waals surface area contributed by atoms with Gasteiger partial charge in [-0.3, -0.25) is 0 Å². The summed E-state index contributed by atoms with van der Waals surface area (Å²) in [6, 6.07) is 0. The third-order valence-electron chi connectivity index (χ3n) is 3.25. The Balaban J connectivity index is 2.10. The second kappa shape index (κ2) is 5.92. The summed E-state index contributed by atoms with van der Waals surface area (Å²) >= 11 is 4.24. The molecule has 0 aromatic rings.